The van der Waals surface area contributed by atoms with Crippen molar-refractivity contribution in [1.82, 2.24) is 4.90 Å². The molecule has 0 amide bonds. The Hall–Kier alpha value is -2.09. The summed E-state index contributed by atoms with van der Waals surface area (Å²) in [5.74, 6) is 0.595. The van der Waals surface area contributed by atoms with Gasteiger partial charge in [0.25, 0.3) is 0 Å². The van der Waals surface area contributed by atoms with Crippen LogP contribution in [0, 0.1) is 0 Å². The predicted octanol–water partition coefficient (Wildman–Crippen LogP) is 3.83. The molecular formula is C21H24F3NO3. The lowest BCUT2D eigenvalue weighted by atomic mass is 10.0. The molecule has 1 fully saturated rings. The first-order valence-electron chi connectivity index (χ1n) is 9.16. The molecule has 0 aromatic heterocycles. The van der Waals surface area contributed by atoms with Crippen LogP contribution in [-0.4, -0.2) is 55.1 Å². The molecular weight excluding hydrogens is 371 g/mol. The number of morpholine rings is 1. The third-order valence-electron chi connectivity index (χ3n) is 4.62. The zero-order chi connectivity index (χ0) is 20.2. The lowest BCUT2D eigenvalue weighted by molar-refractivity contribution is -0.137. The Morgan fingerprint density at radius 2 is 1.50 bits per heavy atom. The van der Waals surface area contributed by atoms with Crippen LogP contribution >= 0.6 is 0 Å². The van der Waals surface area contributed by atoms with Crippen molar-refractivity contribution in [2.75, 3.05) is 39.5 Å². The van der Waals surface area contributed by atoms with Crippen LogP contribution in [-0.2, 0) is 10.9 Å². The highest BCUT2D eigenvalue weighted by Crippen LogP contribution is 2.31. The van der Waals surface area contributed by atoms with Crippen LogP contribution in [0.25, 0.3) is 11.1 Å². The predicted molar refractivity (Wildman–Crippen MR) is 100 cm³/mol. The molecule has 1 aliphatic heterocycles. The Labute approximate surface area is 162 Å². The van der Waals surface area contributed by atoms with E-state index in [-0.39, 0.29) is 6.61 Å². The van der Waals surface area contributed by atoms with Gasteiger partial charge in [0.1, 0.15) is 18.0 Å². The third-order valence-corrected chi connectivity index (χ3v) is 4.62. The zero-order valence-electron chi connectivity index (χ0n) is 15.7. The van der Waals surface area contributed by atoms with E-state index in [1.807, 2.05) is 0 Å². The van der Waals surface area contributed by atoms with Gasteiger partial charge in [-0.3, -0.25) is 4.90 Å². The zero-order valence-corrected chi connectivity index (χ0v) is 15.7. The molecule has 1 atom stereocenters. The van der Waals surface area contributed by atoms with Gasteiger partial charge in [-0.05, 0) is 42.3 Å². The van der Waals surface area contributed by atoms with Crippen molar-refractivity contribution < 1.29 is 27.8 Å². The average Bonchev–Trinajstić information content (AvgIpc) is 2.67. The average molecular weight is 395 g/mol. The summed E-state index contributed by atoms with van der Waals surface area (Å²) in [5.41, 5.74) is -0.178. The Morgan fingerprint density at radius 1 is 0.964 bits per heavy atom. The van der Waals surface area contributed by atoms with Gasteiger partial charge >= 0.3 is 6.18 Å². The van der Waals surface area contributed by atoms with Gasteiger partial charge in [0.15, 0.2) is 0 Å². The van der Waals surface area contributed by atoms with Crippen molar-refractivity contribution in [2.24, 2.45) is 0 Å². The number of hydrogen-bond donors (Lipinski definition) is 1. The number of rotatable bonds is 6. The molecule has 0 bridgehead atoms. The Kier molecular flexibility index (Phi) is 6.27. The maximum absolute atomic E-state index is 12.7. The summed E-state index contributed by atoms with van der Waals surface area (Å²) in [7, 11) is 0. The summed E-state index contributed by atoms with van der Waals surface area (Å²) in [5, 5.41) is 10.6. The van der Waals surface area contributed by atoms with Gasteiger partial charge in [0.2, 0.25) is 0 Å². The molecule has 152 valence electrons. The summed E-state index contributed by atoms with van der Waals surface area (Å²) in [4.78, 5) is 2.14. The molecule has 4 nitrogen and oxygen atoms in total. The fourth-order valence-corrected chi connectivity index (χ4v) is 3.12. The molecule has 2 aromatic carbocycles. The highest BCUT2D eigenvalue weighted by Gasteiger charge is 2.30. The molecule has 0 radical (unpaired) electrons. The summed E-state index contributed by atoms with van der Waals surface area (Å²) in [6.07, 6.45) is -4.34. The molecule has 1 N–H and O–H groups in total. The van der Waals surface area contributed by atoms with Gasteiger partial charge < -0.3 is 14.6 Å². The van der Waals surface area contributed by atoms with Crippen LogP contribution in [0.3, 0.4) is 0 Å². The molecule has 1 aliphatic rings. The lowest BCUT2D eigenvalue weighted by Crippen LogP contribution is -2.48. The van der Waals surface area contributed by atoms with E-state index in [2.05, 4.69) is 4.90 Å². The van der Waals surface area contributed by atoms with E-state index in [0.29, 0.717) is 31.1 Å². The minimum absolute atomic E-state index is 0.143. The first-order valence-corrected chi connectivity index (χ1v) is 9.16. The van der Waals surface area contributed by atoms with Gasteiger partial charge in [0.05, 0.1) is 18.8 Å². The van der Waals surface area contributed by atoms with Crippen molar-refractivity contribution in [3.63, 3.8) is 0 Å². The number of benzene rings is 2. The summed E-state index contributed by atoms with van der Waals surface area (Å²) < 4.78 is 49.0. The molecule has 7 heteroatoms. The molecule has 0 spiro atoms. The quantitative estimate of drug-likeness (QED) is 0.807. The van der Waals surface area contributed by atoms with Crippen LogP contribution in [0.2, 0.25) is 0 Å². The largest absolute Gasteiger partial charge is 0.491 e. The third kappa shape index (κ3) is 5.70. The maximum Gasteiger partial charge on any atom is 0.416 e. The van der Waals surface area contributed by atoms with E-state index >= 15 is 0 Å². The number of nitrogens with zero attached hydrogens (tertiary/aromatic N) is 1. The van der Waals surface area contributed by atoms with Crippen LogP contribution < -0.4 is 4.74 Å². The van der Waals surface area contributed by atoms with E-state index in [1.165, 1.54) is 12.1 Å². The van der Waals surface area contributed by atoms with Crippen LogP contribution in [0.4, 0.5) is 13.2 Å². The minimum atomic E-state index is -4.34. The number of β-amino-alcohol motifs (C(OH)–C–C–N with tert-alkyl or cyclic N) is 1. The standard InChI is InChI=1S/C21H24F3NO3/c1-20(26,14-25-10-12-27-13-11-25)15-28-19-8-4-17(5-9-19)16-2-6-18(7-3-16)21(22,23)24/h2-9,26H,10-15H2,1H3. The summed E-state index contributed by atoms with van der Waals surface area (Å²) in [6, 6.07) is 12.1. The minimum Gasteiger partial charge on any atom is -0.491 e. The maximum atomic E-state index is 12.7. The number of halogens is 3. The number of alkyl halides is 3. The first-order chi connectivity index (χ1) is 13.2. The molecule has 2 aromatic rings. The SMILES string of the molecule is CC(O)(COc1ccc(-c2ccc(C(F)(F)F)cc2)cc1)CN1CCOCC1. The molecule has 1 unspecified atom stereocenters. The monoisotopic (exact) mass is 395 g/mol. The fourth-order valence-electron chi connectivity index (χ4n) is 3.12. The second-order valence-corrected chi connectivity index (χ2v) is 7.27. The second-order valence-electron chi connectivity index (χ2n) is 7.27. The summed E-state index contributed by atoms with van der Waals surface area (Å²) in [6.45, 7) is 5.30. The molecule has 1 heterocycles. The normalized spacial score (nSPS) is 17.9. The van der Waals surface area contributed by atoms with Crippen molar-refractivity contribution in [1.29, 1.82) is 0 Å². The second kappa shape index (κ2) is 8.51. The lowest BCUT2D eigenvalue weighted by Gasteiger charge is -2.33. The van der Waals surface area contributed by atoms with Gasteiger partial charge in [-0.25, -0.2) is 0 Å². The molecule has 0 saturated carbocycles. The van der Waals surface area contributed by atoms with E-state index in [0.717, 1.165) is 30.8 Å². The first kappa shape index (κ1) is 20.6. The van der Waals surface area contributed by atoms with Gasteiger partial charge in [0, 0.05) is 19.6 Å². The van der Waals surface area contributed by atoms with E-state index < -0.39 is 17.3 Å². The van der Waals surface area contributed by atoms with Crippen LogP contribution in [0.5, 0.6) is 5.75 Å². The van der Waals surface area contributed by atoms with Gasteiger partial charge in [-0.2, -0.15) is 13.2 Å². The molecule has 3 rings (SSSR count). The van der Waals surface area contributed by atoms with Crippen molar-refractivity contribution in [3.05, 3.63) is 54.1 Å². The van der Waals surface area contributed by atoms with Crippen molar-refractivity contribution >= 4 is 0 Å². The van der Waals surface area contributed by atoms with E-state index in [4.69, 9.17) is 9.47 Å². The van der Waals surface area contributed by atoms with Crippen molar-refractivity contribution in [2.45, 2.75) is 18.7 Å². The Morgan fingerprint density at radius 3 is 2.04 bits per heavy atom. The summed E-state index contributed by atoms with van der Waals surface area (Å²) >= 11 is 0. The molecule has 28 heavy (non-hydrogen) atoms. The number of aliphatic hydroxyl groups is 1. The highest BCUT2D eigenvalue weighted by atomic mass is 19.4. The highest BCUT2D eigenvalue weighted by molar-refractivity contribution is 5.64. The van der Waals surface area contributed by atoms with Gasteiger partial charge in [-0.1, -0.05) is 24.3 Å². The van der Waals surface area contributed by atoms with Crippen molar-refractivity contribution in [3.8, 4) is 16.9 Å². The topological polar surface area (TPSA) is 41.9 Å². The number of hydrogen-bond acceptors (Lipinski definition) is 4. The van der Waals surface area contributed by atoms with Gasteiger partial charge in [-0.15, -0.1) is 0 Å². The van der Waals surface area contributed by atoms with E-state index in [1.54, 1.807) is 31.2 Å². The van der Waals surface area contributed by atoms with Crippen LogP contribution in [0.15, 0.2) is 48.5 Å². The Bertz CT molecular complexity index is 752. The number of ether oxygens (including phenoxy) is 2. The smallest absolute Gasteiger partial charge is 0.416 e. The Balaban J connectivity index is 1.56. The molecule has 1 saturated heterocycles. The fraction of sp³-hybridized carbons (Fsp3) is 0.429. The molecule has 0 aliphatic carbocycles. The van der Waals surface area contributed by atoms with Crippen LogP contribution in [0.1, 0.15) is 12.5 Å². The van der Waals surface area contributed by atoms with E-state index in [9.17, 15) is 18.3 Å².